The van der Waals surface area contributed by atoms with Gasteiger partial charge in [0.25, 0.3) is 5.91 Å². The molecule has 0 aliphatic carbocycles. The van der Waals surface area contributed by atoms with Gasteiger partial charge < -0.3 is 10.1 Å². The lowest BCUT2D eigenvalue weighted by Crippen LogP contribution is -2.76. The van der Waals surface area contributed by atoms with Crippen LogP contribution in [0.3, 0.4) is 0 Å². The van der Waals surface area contributed by atoms with Crippen molar-refractivity contribution in [2.24, 2.45) is 0 Å². The first kappa shape index (κ1) is 18.6. The van der Waals surface area contributed by atoms with E-state index < -0.39 is 5.66 Å². The highest BCUT2D eigenvalue weighted by Crippen LogP contribution is 2.40. The fourth-order valence-corrected chi connectivity index (χ4v) is 4.42. The number of halogens is 1. The molecule has 1 fully saturated rings. The number of methoxy groups -OCH3 is 1. The summed E-state index contributed by atoms with van der Waals surface area (Å²) in [6, 6.07) is 21.8. The summed E-state index contributed by atoms with van der Waals surface area (Å²) in [6.45, 7) is 1.90. The molecule has 0 unspecified atom stereocenters. The molecule has 1 amide bonds. The lowest BCUT2D eigenvalue weighted by Gasteiger charge is -2.58. The molecule has 6 heteroatoms. The Hall–Kier alpha value is -3.38. The van der Waals surface area contributed by atoms with Crippen LogP contribution in [0.2, 0.25) is 0 Å². The first-order valence-electron chi connectivity index (χ1n) is 9.91. The van der Waals surface area contributed by atoms with Gasteiger partial charge in [0.15, 0.2) is 0 Å². The van der Waals surface area contributed by atoms with Crippen LogP contribution in [0.15, 0.2) is 72.8 Å². The Balaban J connectivity index is 1.46. The number of likely N-dealkylation sites (tertiary alicyclic amines) is 1. The molecule has 2 aliphatic rings. The molecule has 2 heterocycles. The molecule has 3 aromatic rings. The molecular formula is C24H22FN3O2. The van der Waals surface area contributed by atoms with Crippen LogP contribution in [-0.4, -0.2) is 36.7 Å². The van der Waals surface area contributed by atoms with Gasteiger partial charge in [-0.3, -0.25) is 14.6 Å². The molecular weight excluding hydrogens is 381 g/mol. The zero-order valence-electron chi connectivity index (χ0n) is 16.6. The minimum atomic E-state index is -0.548. The molecule has 3 aromatic carbocycles. The van der Waals surface area contributed by atoms with Gasteiger partial charge in [0.1, 0.15) is 17.2 Å². The van der Waals surface area contributed by atoms with Gasteiger partial charge in [0, 0.05) is 31.0 Å². The van der Waals surface area contributed by atoms with Crippen molar-refractivity contribution in [3.8, 4) is 5.75 Å². The third kappa shape index (κ3) is 3.09. The summed E-state index contributed by atoms with van der Waals surface area (Å²) < 4.78 is 18.8. The molecule has 0 aromatic heterocycles. The Bertz CT molecular complexity index is 1090. The van der Waals surface area contributed by atoms with Gasteiger partial charge in [-0.1, -0.05) is 24.3 Å². The Morgan fingerprint density at radius 1 is 1.03 bits per heavy atom. The maximum absolute atomic E-state index is 13.6. The molecule has 30 heavy (non-hydrogen) atoms. The van der Waals surface area contributed by atoms with Gasteiger partial charge in [-0.15, -0.1) is 0 Å². The predicted octanol–water partition coefficient (Wildman–Crippen LogP) is 4.12. The second kappa shape index (κ2) is 7.15. The van der Waals surface area contributed by atoms with Crippen LogP contribution < -0.4 is 15.0 Å². The van der Waals surface area contributed by atoms with Crippen molar-refractivity contribution in [2.45, 2.75) is 12.2 Å². The first-order chi connectivity index (χ1) is 14.6. The molecule has 0 bridgehead atoms. The molecule has 1 spiro atoms. The fraction of sp³-hybridized carbons (Fsp3) is 0.208. The summed E-state index contributed by atoms with van der Waals surface area (Å²) >= 11 is 0. The Labute approximate surface area is 174 Å². The maximum Gasteiger partial charge on any atom is 0.262 e. The number of anilines is 2. The number of carbonyl (C=O) groups excluding carboxylic acids is 1. The summed E-state index contributed by atoms with van der Waals surface area (Å²) in [6.07, 6.45) is 0. The van der Waals surface area contributed by atoms with Crippen molar-refractivity contribution in [2.75, 3.05) is 30.4 Å². The number of nitrogens with one attached hydrogen (secondary N) is 1. The number of carbonyl (C=O) groups is 1. The molecule has 5 nitrogen and oxygen atoms in total. The van der Waals surface area contributed by atoms with E-state index in [2.05, 4.69) is 10.2 Å². The topological polar surface area (TPSA) is 44.8 Å². The van der Waals surface area contributed by atoms with E-state index in [4.69, 9.17) is 4.74 Å². The first-order valence-corrected chi connectivity index (χ1v) is 9.91. The second-order valence-electron chi connectivity index (χ2n) is 7.82. The lowest BCUT2D eigenvalue weighted by atomic mass is 9.90. The number of hydrogen-bond donors (Lipinski definition) is 1. The van der Waals surface area contributed by atoms with Gasteiger partial charge in [-0.25, -0.2) is 4.39 Å². The molecule has 1 N–H and O–H groups in total. The number of nitrogens with zero attached hydrogens (tertiary/aromatic N) is 2. The van der Waals surface area contributed by atoms with Crippen LogP contribution in [0.25, 0.3) is 0 Å². The number of hydrogen-bond acceptors (Lipinski definition) is 4. The monoisotopic (exact) mass is 403 g/mol. The number of para-hydroxylation sites is 1. The van der Waals surface area contributed by atoms with E-state index in [1.165, 1.54) is 6.07 Å². The van der Waals surface area contributed by atoms with Crippen LogP contribution in [0, 0.1) is 5.82 Å². The highest BCUT2D eigenvalue weighted by atomic mass is 19.1. The molecule has 2 aliphatic heterocycles. The number of amides is 1. The van der Waals surface area contributed by atoms with Crippen LogP contribution in [0.1, 0.15) is 15.9 Å². The summed E-state index contributed by atoms with van der Waals surface area (Å²) in [5.74, 6) is 0.481. The van der Waals surface area contributed by atoms with Crippen molar-refractivity contribution in [3.05, 3.63) is 89.7 Å². The Morgan fingerprint density at radius 2 is 1.80 bits per heavy atom. The van der Waals surface area contributed by atoms with Gasteiger partial charge >= 0.3 is 0 Å². The zero-order valence-corrected chi connectivity index (χ0v) is 16.6. The van der Waals surface area contributed by atoms with E-state index >= 15 is 0 Å². The maximum atomic E-state index is 13.6. The van der Waals surface area contributed by atoms with Crippen molar-refractivity contribution in [1.29, 1.82) is 0 Å². The van der Waals surface area contributed by atoms with Gasteiger partial charge in [-0.2, -0.15) is 0 Å². The summed E-state index contributed by atoms with van der Waals surface area (Å²) in [7, 11) is 1.62. The predicted molar refractivity (Wildman–Crippen MR) is 114 cm³/mol. The standard InChI is InChI=1S/C24H22FN3O2/c1-30-20-11-9-19(10-12-20)28-23(29)21-7-2-3-8-22(21)26-24(28)15-27(16-24)14-17-5-4-6-18(25)13-17/h2-13,26H,14-16H2,1H3. The van der Waals surface area contributed by atoms with Crippen molar-refractivity contribution >= 4 is 17.3 Å². The van der Waals surface area contributed by atoms with E-state index in [0.717, 1.165) is 22.7 Å². The van der Waals surface area contributed by atoms with Gasteiger partial charge in [-0.05, 0) is 54.1 Å². The normalized spacial score (nSPS) is 17.3. The summed E-state index contributed by atoms with van der Waals surface area (Å²) in [4.78, 5) is 17.5. The average Bonchev–Trinajstić information content (AvgIpc) is 2.73. The minimum absolute atomic E-state index is 0.0278. The van der Waals surface area contributed by atoms with Crippen LogP contribution in [0.4, 0.5) is 15.8 Å². The molecule has 152 valence electrons. The highest BCUT2D eigenvalue weighted by molar-refractivity contribution is 6.13. The summed E-state index contributed by atoms with van der Waals surface area (Å²) in [5, 5.41) is 3.60. The van der Waals surface area contributed by atoms with E-state index in [1.807, 2.05) is 59.5 Å². The van der Waals surface area contributed by atoms with E-state index in [0.29, 0.717) is 25.2 Å². The quantitative estimate of drug-likeness (QED) is 0.712. The molecule has 0 radical (unpaired) electrons. The van der Waals surface area contributed by atoms with Gasteiger partial charge in [0.2, 0.25) is 0 Å². The van der Waals surface area contributed by atoms with Crippen LogP contribution >= 0.6 is 0 Å². The summed E-state index contributed by atoms with van der Waals surface area (Å²) in [5.41, 5.74) is 2.68. The third-order valence-electron chi connectivity index (χ3n) is 5.75. The zero-order chi connectivity index (χ0) is 20.7. The van der Waals surface area contributed by atoms with Crippen molar-refractivity contribution in [1.82, 2.24) is 4.90 Å². The van der Waals surface area contributed by atoms with Crippen LogP contribution in [0.5, 0.6) is 5.75 Å². The fourth-order valence-electron chi connectivity index (χ4n) is 4.42. The Morgan fingerprint density at radius 3 is 2.53 bits per heavy atom. The molecule has 0 saturated carbocycles. The van der Waals surface area contributed by atoms with E-state index in [1.54, 1.807) is 19.2 Å². The smallest absolute Gasteiger partial charge is 0.262 e. The third-order valence-corrected chi connectivity index (χ3v) is 5.75. The number of rotatable bonds is 4. The van der Waals surface area contributed by atoms with Gasteiger partial charge in [0.05, 0.1) is 12.7 Å². The van der Waals surface area contributed by atoms with E-state index in [9.17, 15) is 9.18 Å². The SMILES string of the molecule is COc1ccc(N2C(=O)c3ccccc3NC23CN(Cc2cccc(F)c2)C3)cc1. The Kier molecular flexibility index (Phi) is 4.44. The minimum Gasteiger partial charge on any atom is -0.497 e. The van der Waals surface area contributed by atoms with Crippen molar-refractivity contribution in [3.63, 3.8) is 0 Å². The molecule has 1 saturated heterocycles. The number of fused-ring (bicyclic) bond motifs is 1. The second-order valence-corrected chi connectivity index (χ2v) is 7.82. The highest BCUT2D eigenvalue weighted by Gasteiger charge is 2.53. The molecule has 0 atom stereocenters. The molecule has 5 rings (SSSR count). The van der Waals surface area contributed by atoms with Crippen molar-refractivity contribution < 1.29 is 13.9 Å². The number of benzene rings is 3. The largest absolute Gasteiger partial charge is 0.497 e. The average molecular weight is 403 g/mol. The lowest BCUT2D eigenvalue weighted by molar-refractivity contribution is 0.0609. The van der Waals surface area contributed by atoms with Crippen LogP contribution in [-0.2, 0) is 6.54 Å². The van der Waals surface area contributed by atoms with E-state index in [-0.39, 0.29) is 11.7 Å². The number of ether oxygens (including phenoxy) is 1.